The van der Waals surface area contributed by atoms with Crippen LogP contribution in [0, 0.1) is 0 Å². The first-order chi connectivity index (χ1) is 11.2. The van der Waals surface area contributed by atoms with Crippen molar-refractivity contribution in [3.05, 3.63) is 39.9 Å². The molecule has 23 heavy (non-hydrogen) atoms. The number of carbonyl (C=O) groups is 1. The average molecular weight is 349 g/mol. The van der Waals surface area contributed by atoms with Gasteiger partial charge < -0.3 is 4.90 Å². The zero-order valence-electron chi connectivity index (χ0n) is 12.5. The second kappa shape index (κ2) is 6.09. The van der Waals surface area contributed by atoms with Gasteiger partial charge in [-0.1, -0.05) is 35.1 Å². The maximum absolute atomic E-state index is 12.6. The van der Waals surface area contributed by atoms with Gasteiger partial charge >= 0.3 is 6.03 Å². The van der Waals surface area contributed by atoms with Crippen LogP contribution in [0.4, 0.5) is 9.93 Å². The molecule has 1 saturated heterocycles. The molecule has 0 radical (unpaired) electrons. The van der Waals surface area contributed by atoms with E-state index in [1.807, 2.05) is 29.2 Å². The van der Waals surface area contributed by atoms with Crippen LogP contribution in [-0.2, 0) is 0 Å². The van der Waals surface area contributed by atoms with Gasteiger partial charge in [-0.3, -0.25) is 5.32 Å². The first-order valence-corrected chi connectivity index (χ1v) is 9.06. The summed E-state index contributed by atoms with van der Waals surface area (Å²) in [5, 5.41) is 13.5. The molecule has 2 heterocycles. The predicted octanol–water partition coefficient (Wildman–Crippen LogP) is 4.44. The summed E-state index contributed by atoms with van der Waals surface area (Å²) >= 11 is 7.57. The van der Waals surface area contributed by atoms with Crippen LogP contribution in [0.5, 0.6) is 0 Å². The monoisotopic (exact) mass is 348 g/mol. The van der Waals surface area contributed by atoms with Crippen LogP contribution < -0.4 is 5.32 Å². The van der Waals surface area contributed by atoms with E-state index in [0.717, 1.165) is 30.0 Å². The van der Waals surface area contributed by atoms with E-state index in [1.54, 1.807) is 0 Å². The van der Waals surface area contributed by atoms with Crippen molar-refractivity contribution in [2.24, 2.45) is 0 Å². The van der Waals surface area contributed by atoms with Crippen molar-refractivity contribution >= 4 is 34.1 Å². The average Bonchev–Trinajstić information content (AvgIpc) is 3.09. The molecule has 0 bridgehead atoms. The number of hydrogen-bond donors (Lipinski definition) is 1. The lowest BCUT2D eigenvalue weighted by Gasteiger charge is -2.24. The maximum Gasteiger partial charge on any atom is 0.324 e. The molecule has 1 aromatic heterocycles. The number of likely N-dealkylation sites (tertiary alicyclic amines) is 1. The van der Waals surface area contributed by atoms with Gasteiger partial charge in [0.05, 0.1) is 6.04 Å². The van der Waals surface area contributed by atoms with E-state index in [-0.39, 0.29) is 12.1 Å². The summed E-state index contributed by atoms with van der Waals surface area (Å²) < 4.78 is 0. The molecule has 1 aliphatic heterocycles. The van der Waals surface area contributed by atoms with Crippen LogP contribution in [0.2, 0.25) is 5.02 Å². The highest BCUT2D eigenvalue weighted by Gasteiger charge is 2.31. The third-order valence-electron chi connectivity index (χ3n) is 4.33. The number of anilines is 1. The van der Waals surface area contributed by atoms with Crippen LogP contribution in [0.1, 0.15) is 48.2 Å². The topological polar surface area (TPSA) is 58.1 Å². The number of nitrogens with one attached hydrogen (secondary N) is 1. The number of halogens is 1. The summed E-state index contributed by atoms with van der Waals surface area (Å²) in [6, 6.07) is 7.71. The number of amides is 2. The Balaban J connectivity index is 1.47. The number of nitrogens with zero attached hydrogens (tertiary/aromatic N) is 3. The fourth-order valence-corrected chi connectivity index (χ4v) is 4.11. The van der Waals surface area contributed by atoms with Gasteiger partial charge in [0.1, 0.15) is 5.01 Å². The molecule has 2 aliphatic rings. The lowest BCUT2D eigenvalue weighted by Crippen LogP contribution is -2.34. The summed E-state index contributed by atoms with van der Waals surface area (Å²) in [5.74, 6) is 0.559. The highest BCUT2D eigenvalue weighted by molar-refractivity contribution is 7.15. The molecule has 0 spiro atoms. The minimum absolute atomic E-state index is 0.0736. The molecule has 7 heteroatoms. The zero-order valence-corrected chi connectivity index (χ0v) is 14.1. The van der Waals surface area contributed by atoms with Gasteiger partial charge in [-0.2, -0.15) is 0 Å². The van der Waals surface area contributed by atoms with Crippen LogP contribution in [0.3, 0.4) is 0 Å². The molecular weight excluding hydrogens is 332 g/mol. The summed E-state index contributed by atoms with van der Waals surface area (Å²) in [6.07, 6.45) is 4.32. The van der Waals surface area contributed by atoms with E-state index in [1.165, 1.54) is 24.2 Å². The first-order valence-electron chi connectivity index (χ1n) is 7.87. The van der Waals surface area contributed by atoms with Gasteiger partial charge in [0.25, 0.3) is 0 Å². The van der Waals surface area contributed by atoms with E-state index in [4.69, 9.17) is 11.6 Å². The lowest BCUT2D eigenvalue weighted by atomic mass is 10.1. The second-order valence-corrected chi connectivity index (χ2v) is 7.50. The van der Waals surface area contributed by atoms with E-state index < -0.39 is 0 Å². The first kappa shape index (κ1) is 14.9. The minimum Gasteiger partial charge on any atom is -0.317 e. The molecule has 2 fully saturated rings. The van der Waals surface area contributed by atoms with E-state index in [2.05, 4.69) is 15.5 Å². The standard InChI is InChI=1S/C16H17ClN4OS/c17-12-4-1-3-11(9-12)13-5-2-8-21(13)16(22)18-15-20-19-14(23-15)10-6-7-10/h1,3-4,9-10,13H,2,5-8H2,(H,18,20,22). The number of urea groups is 1. The Morgan fingerprint density at radius 1 is 1.30 bits per heavy atom. The van der Waals surface area contributed by atoms with Crippen molar-refractivity contribution in [1.82, 2.24) is 15.1 Å². The Kier molecular flexibility index (Phi) is 3.95. The zero-order chi connectivity index (χ0) is 15.8. The minimum atomic E-state index is -0.106. The summed E-state index contributed by atoms with van der Waals surface area (Å²) in [4.78, 5) is 14.5. The molecule has 1 N–H and O–H groups in total. The Morgan fingerprint density at radius 3 is 2.96 bits per heavy atom. The quantitative estimate of drug-likeness (QED) is 0.892. The third-order valence-corrected chi connectivity index (χ3v) is 5.56. The van der Waals surface area contributed by atoms with Crippen molar-refractivity contribution in [2.75, 3.05) is 11.9 Å². The van der Waals surface area contributed by atoms with Crippen molar-refractivity contribution in [2.45, 2.75) is 37.6 Å². The van der Waals surface area contributed by atoms with Gasteiger partial charge in [0.15, 0.2) is 0 Å². The van der Waals surface area contributed by atoms with E-state index in [9.17, 15) is 4.79 Å². The third kappa shape index (κ3) is 3.19. The Labute approximate surface area is 143 Å². The smallest absolute Gasteiger partial charge is 0.317 e. The molecule has 120 valence electrons. The Hall–Kier alpha value is -1.66. The molecule has 1 atom stereocenters. The fourth-order valence-electron chi connectivity index (χ4n) is 3.01. The molecule has 1 unspecified atom stereocenters. The van der Waals surface area contributed by atoms with Gasteiger partial charge in [0.2, 0.25) is 5.13 Å². The van der Waals surface area contributed by atoms with Crippen molar-refractivity contribution in [1.29, 1.82) is 0 Å². The Morgan fingerprint density at radius 2 is 2.17 bits per heavy atom. The number of aromatic nitrogens is 2. The largest absolute Gasteiger partial charge is 0.324 e. The molecular formula is C16H17ClN4OS. The second-order valence-electron chi connectivity index (χ2n) is 6.06. The molecule has 5 nitrogen and oxygen atoms in total. The highest BCUT2D eigenvalue weighted by atomic mass is 35.5. The summed E-state index contributed by atoms with van der Waals surface area (Å²) in [7, 11) is 0. The number of rotatable bonds is 3. The summed E-state index contributed by atoms with van der Waals surface area (Å²) in [5.41, 5.74) is 1.08. The number of benzene rings is 1. The molecule has 4 rings (SSSR count). The van der Waals surface area contributed by atoms with Crippen molar-refractivity contribution < 1.29 is 4.79 Å². The van der Waals surface area contributed by atoms with Crippen molar-refractivity contribution in [3.63, 3.8) is 0 Å². The maximum atomic E-state index is 12.6. The number of hydrogen-bond acceptors (Lipinski definition) is 4. The van der Waals surface area contributed by atoms with Gasteiger partial charge in [-0.05, 0) is 43.4 Å². The molecule has 1 saturated carbocycles. The van der Waals surface area contributed by atoms with Gasteiger partial charge in [-0.15, -0.1) is 10.2 Å². The Bertz CT molecular complexity index is 730. The molecule has 1 aromatic carbocycles. The van der Waals surface area contributed by atoms with Crippen LogP contribution >= 0.6 is 22.9 Å². The van der Waals surface area contributed by atoms with Crippen LogP contribution in [-0.4, -0.2) is 27.7 Å². The SMILES string of the molecule is O=C(Nc1nnc(C2CC2)s1)N1CCCC1c1cccc(Cl)c1. The van der Waals surface area contributed by atoms with Crippen LogP contribution in [0.25, 0.3) is 0 Å². The summed E-state index contributed by atoms with van der Waals surface area (Å²) in [6.45, 7) is 0.747. The number of carbonyl (C=O) groups excluding carboxylic acids is 1. The van der Waals surface area contributed by atoms with Crippen molar-refractivity contribution in [3.8, 4) is 0 Å². The predicted molar refractivity (Wildman–Crippen MR) is 91.0 cm³/mol. The molecule has 2 amide bonds. The van der Waals surface area contributed by atoms with Gasteiger partial charge in [0, 0.05) is 17.5 Å². The molecule has 2 aromatic rings. The van der Waals surface area contributed by atoms with E-state index in [0.29, 0.717) is 16.1 Å². The van der Waals surface area contributed by atoms with E-state index >= 15 is 0 Å². The lowest BCUT2D eigenvalue weighted by molar-refractivity contribution is 0.207. The normalized spacial score (nSPS) is 20.7. The fraction of sp³-hybridized carbons (Fsp3) is 0.438. The van der Waals surface area contributed by atoms with Gasteiger partial charge in [-0.25, -0.2) is 4.79 Å². The van der Waals surface area contributed by atoms with Crippen LogP contribution in [0.15, 0.2) is 24.3 Å². The molecule has 1 aliphatic carbocycles. The highest BCUT2D eigenvalue weighted by Crippen LogP contribution is 2.42.